The number of aliphatic hydroxyl groups is 1. The molecule has 0 atom stereocenters. The van der Waals surface area contributed by atoms with Crippen molar-refractivity contribution in [2.45, 2.75) is 128 Å². The van der Waals surface area contributed by atoms with Crippen molar-refractivity contribution in [1.29, 1.82) is 0 Å². The Kier molecular flexibility index (Phi) is 13.0. The first kappa shape index (κ1) is 21.0. The standard InChI is InChI=1S/C21H43NO/c1-2-3-4-5-6-7-8-9-10-11-12-13-14-17-20-22-21(23)18-15-16-19-21/h22-23H,2-20H2,1H3. The lowest BCUT2D eigenvalue weighted by atomic mass is 10.0. The summed E-state index contributed by atoms with van der Waals surface area (Å²) in [5.74, 6) is 0. The van der Waals surface area contributed by atoms with E-state index in [2.05, 4.69) is 12.2 Å². The molecule has 0 radical (unpaired) electrons. The Morgan fingerprint density at radius 2 is 1.04 bits per heavy atom. The molecule has 1 aliphatic carbocycles. The number of hydrogen-bond acceptors (Lipinski definition) is 2. The van der Waals surface area contributed by atoms with E-state index in [4.69, 9.17) is 0 Å². The minimum atomic E-state index is -0.517. The van der Waals surface area contributed by atoms with Gasteiger partial charge in [0.2, 0.25) is 0 Å². The Balaban J connectivity index is 1.70. The van der Waals surface area contributed by atoms with Gasteiger partial charge in [-0.15, -0.1) is 0 Å². The molecule has 1 saturated carbocycles. The molecule has 0 aromatic rings. The molecule has 2 nitrogen and oxygen atoms in total. The lowest BCUT2D eigenvalue weighted by molar-refractivity contribution is 0.0123. The van der Waals surface area contributed by atoms with Gasteiger partial charge < -0.3 is 5.11 Å². The first-order valence-corrected chi connectivity index (χ1v) is 10.7. The zero-order chi connectivity index (χ0) is 16.6. The first-order chi connectivity index (χ1) is 11.3. The predicted octanol–water partition coefficient (Wildman–Crippen LogP) is 6.32. The van der Waals surface area contributed by atoms with E-state index in [0.29, 0.717) is 0 Å². The molecule has 0 saturated heterocycles. The van der Waals surface area contributed by atoms with E-state index >= 15 is 0 Å². The molecule has 0 aliphatic heterocycles. The highest BCUT2D eigenvalue weighted by atomic mass is 16.3. The topological polar surface area (TPSA) is 32.3 Å². The minimum Gasteiger partial charge on any atom is -0.376 e. The van der Waals surface area contributed by atoms with Crippen LogP contribution in [0.4, 0.5) is 0 Å². The summed E-state index contributed by atoms with van der Waals surface area (Å²) in [5, 5.41) is 13.5. The van der Waals surface area contributed by atoms with E-state index in [0.717, 1.165) is 19.4 Å². The van der Waals surface area contributed by atoms with E-state index in [9.17, 15) is 5.11 Å². The molecule has 1 rings (SSSR count). The van der Waals surface area contributed by atoms with Crippen LogP contribution < -0.4 is 5.32 Å². The fourth-order valence-electron chi connectivity index (χ4n) is 3.78. The maximum absolute atomic E-state index is 10.2. The van der Waals surface area contributed by atoms with Gasteiger partial charge in [0.1, 0.15) is 5.72 Å². The third kappa shape index (κ3) is 12.0. The van der Waals surface area contributed by atoms with Gasteiger partial charge >= 0.3 is 0 Å². The first-order valence-electron chi connectivity index (χ1n) is 10.7. The zero-order valence-electron chi connectivity index (χ0n) is 15.9. The van der Waals surface area contributed by atoms with Crippen LogP contribution in [0.3, 0.4) is 0 Å². The Hall–Kier alpha value is -0.0800. The smallest absolute Gasteiger partial charge is 0.116 e. The van der Waals surface area contributed by atoms with Gasteiger partial charge in [0, 0.05) is 0 Å². The van der Waals surface area contributed by atoms with Crippen LogP contribution in [0.1, 0.15) is 122 Å². The van der Waals surface area contributed by atoms with Gasteiger partial charge in [-0.3, -0.25) is 5.32 Å². The highest BCUT2D eigenvalue weighted by molar-refractivity contribution is 4.81. The second kappa shape index (κ2) is 14.3. The molecule has 0 heterocycles. The largest absolute Gasteiger partial charge is 0.376 e. The summed E-state index contributed by atoms with van der Waals surface area (Å²) >= 11 is 0. The highest BCUT2D eigenvalue weighted by Gasteiger charge is 2.29. The summed E-state index contributed by atoms with van der Waals surface area (Å²) in [6.45, 7) is 3.28. The molecule has 0 aromatic carbocycles. The number of hydrogen-bond donors (Lipinski definition) is 2. The SMILES string of the molecule is CCCCCCCCCCCCCCCCNC1(O)CCCC1. The fraction of sp³-hybridized carbons (Fsp3) is 1.00. The molecular formula is C21H43NO. The van der Waals surface area contributed by atoms with Gasteiger partial charge in [-0.25, -0.2) is 0 Å². The second-order valence-corrected chi connectivity index (χ2v) is 7.76. The van der Waals surface area contributed by atoms with Gasteiger partial charge in [0.05, 0.1) is 0 Å². The summed E-state index contributed by atoms with van der Waals surface area (Å²) in [6, 6.07) is 0. The van der Waals surface area contributed by atoms with Crippen molar-refractivity contribution in [3.63, 3.8) is 0 Å². The Labute approximate surface area is 145 Å². The van der Waals surface area contributed by atoms with Crippen LogP contribution in [-0.4, -0.2) is 17.4 Å². The maximum Gasteiger partial charge on any atom is 0.116 e. The average molecular weight is 326 g/mol. The predicted molar refractivity (Wildman–Crippen MR) is 102 cm³/mol. The maximum atomic E-state index is 10.2. The number of unbranched alkanes of at least 4 members (excludes halogenated alkanes) is 13. The number of nitrogens with one attached hydrogen (secondary N) is 1. The Bertz CT molecular complexity index is 248. The van der Waals surface area contributed by atoms with Gasteiger partial charge in [-0.1, -0.05) is 90.4 Å². The second-order valence-electron chi connectivity index (χ2n) is 7.76. The highest BCUT2D eigenvalue weighted by Crippen LogP contribution is 2.26. The molecule has 0 unspecified atom stereocenters. The average Bonchev–Trinajstić information content (AvgIpc) is 2.98. The van der Waals surface area contributed by atoms with Crippen LogP contribution in [0.15, 0.2) is 0 Å². The van der Waals surface area contributed by atoms with E-state index < -0.39 is 5.72 Å². The molecule has 0 amide bonds. The fourth-order valence-corrected chi connectivity index (χ4v) is 3.78. The van der Waals surface area contributed by atoms with Crippen LogP contribution in [0, 0.1) is 0 Å². The van der Waals surface area contributed by atoms with E-state index in [1.807, 2.05) is 0 Å². The molecule has 0 bridgehead atoms. The molecule has 1 aliphatic rings. The van der Waals surface area contributed by atoms with Crippen molar-refractivity contribution >= 4 is 0 Å². The van der Waals surface area contributed by atoms with E-state index in [1.54, 1.807) is 0 Å². The molecule has 2 heteroatoms. The van der Waals surface area contributed by atoms with Crippen molar-refractivity contribution in [3.05, 3.63) is 0 Å². The lowest BCUT2D eigenvalue weighted by Gasteiger charge is -2.23. The van der Waals surface area contributed by atoms with Crippen LogP contribution >= 0.6 is 0 Å². The molecule has 23 heavy (non-hydrogen) atoms. The van der Waals surface area contributed by atoms with E-state index in [1.165, 1.54) is 103 Å². The van der Waals surface area contributed by atoms with Gasteiger partial charge in [-0.2, -0.15) is 0 Å². The van der Waals surface area contributed by atoms with Crippen molar-refractivity contribution in [2.75, 3.05) is 6.54 Å². The molecule has 1 fully saturated rings. The summed E-state index contributed by atoms with van der Waals surface area (Å²) in [6.07, 6.45) is 23.9. The van der Waals surface area contributed by atoms with Crippen LogP contribution in [0.25, 0.3) is 0 Å². The summed E-state index contributed by atoms with van der Waals surface area (Å²) < 4.78 is 0. The van der Waals surface area contributed by atoms with E-state index in [-0.39, 0.29) is 0 Å². The van der Waals surface area contributed by atoms with Crippen molar-refractivity contribution in [1.82, 2.24) is 5.32 Å². The Morgan fingerprint density at radius 3 is 1.48 bits per heavy atom. The molecule has 2 N–H and O–H groups in total. The van der Waals surface area contributed by atoms with Crippen LogP contribution in [0.2, 0.25) is 0 Å². The summed E-state index contributed by atoms with van der Waals surface area (Å²) in [7, 11) is 0. The normalized spacial score (nSPS) is 17.0. The minimum absolute atomic E-state index is 0.517. The number of rotatable bonds is 16. The van der Waals surface area contributed by atoms with Gasteiger partial charge in [0.15, 0.2) is 0 Å². The molecule has 0 spiro atoms. The summed E-state index contributed by atoms with van der Waals surface area (Å²) in [4.78, 5) is 0. The Morgan fingerprint density at radius 1 is 0.652 bits per heavy atom. The molecular weight excluding hydrogens is 282 g/mol. The van der Waals surface area contributed by atoms with Gasteiger partial charge in [0.25, 0.3) is 0 Å². The molecule has 0 aromatic heterocycles. The van der Waals surface area contributed by atoms with Crippen molar-refractivity contribution in [3.8, 4) is 0 Å². The van der Waals surface area contributed by atoms with Crippen LogP contribution in [-0.2, 0) is 0 Å². The van der Waals surface area contributed by atoms with Gasteiger partial charge in [-0.05, 0) is 38.6 Å². The summed E-state index contributed by atoms with van der Waals surface area (Å²) in [5.41, 5.74) is -0.517. The lowest BCUT2D eigenvalue weighted by Crippen LogP contribution is -2.42. The third-order valence-corrected chi connectivity index (χ3v) is 5.42. The van der Waals surface area contributed by atoms with Crippen molar-refractivity contribution < 1.29 is 5.11 Å². The monoisotopic (exact) mass is 325 g/mol. The quantitative estimate of drug-likeness (QED) is 0.257. The van der Waals surface area contributed by atoms with Crippen molar-refractivity contribution in [2.24, 2.45) is 0 Å². The third-order valence-electron chi connectivity index (χ3n) is 5.42. The molecule has 138 valence electrons. The van der Waals surface area contributed by atoms with Crippen LogP contribution in [0.5, 0.6) is 0 Å². The zero-order valence-corrected chi connectivity index (χ0v) is 15.9.